The third-order valence-corrected chi connectivity index (χ3v) is 2.68. The van der Waals surface area contributed by atoms with Gasteiger partial charge in [0.05, 0.1) is 12.6 Å². The summed E-state index contributed by atoms with van der Waals surface area (Å²) in [6.45, 7) is -1.03. The van der Waals surface area contributed by atoms with E-state index in [1.54, 1.807) is 48.8 Å². The van der Waals surface area contributed by atoms with E-state index in [2.05, 4.69) is 10.3 Å². The van der Waals surface area contributed by atoms with Gasteiger partial charge < -0.3 is 0 Å². The monoisotopic (exact) mass is 266 g/mol. The van der Waals surface area contributed by atoms with Crippen LogP contribution < -0.4 is 5.32 Å². The first-order valence-corrected chi connectivity index (χ1v) is 5.81. The SMILES string of the molecule is FC(F)(F)CNC(c1ccccc1)c1ccncc1. The summed E-state index contributed by atoms with van der Waals surface area (Å²) in [6, 6.07) is 12.0. The van der Waals surface area contributed by atoms with Crippen molar-refractivity contribution >= 4 is 0 Å². The fourth-order valence-electron chi connectivity index (χ4n) is 1.85. The summed E-state index contributed by atoms with van der Waals surface area (Å²) >= 11 is 0. The Bertz CT molecular complexity index is 458. The number of rotatable bonds is 4. The van der Waals surface area contributed by atoms with Gasteiger partial charge in [0.15, 0.2) is 0 Å². The second-order valence-corrected chi connectivity index (χ2v) is 4.12. The molecule has 1 N–H and O–H groups in total. The van der Waals surface area contributed by atoms with Gasteiger partial charge >= 0.3 is 6.18 Å². The van der Waals surface area contributed by atoms with Crippen molar-refractivity contribution < 1.29 is 13.2 Å². The minimum Gasteiger partial charge on any atom is -0.298 e. The van der Waals surface area contributed by atoms with Gasteiger partial charge in [-0.3, -0.25) is 10.3 Å². The standard InChI is InChI=1S/C14H13F3N2/c15-14(16,17)10-19-13(11-4-2-1-3-5-11)12-6-8-18-9-7-12/h1-9,13,19H,10H2. The lowest BCUT2D eigenvalue weighted by molar-refractivity contribution is -0.125. The van der Waals surface area contributed by atoms with E-state index in [-0.39, 0.29) is 0 Å². The van der Waals surface area contributed by atoms with E-state index in [1.165, 1.54) is 0 Å². The first-order valence-electron chi connectivity index (χ1n) is 5.81. The van der Waals surface area contributed by atoms with Crippen molar-refractivity contribution in [1.29, 1.82) is 0 Å². The Labute approximate surface area is 109 Å². The molecule has 1 unspecified atom stereocenters. The molecule has 0 aliphatic heterocycles. The van der Waals surface area contributed by atoms with Crippen LogP contribution in [0.3, 0.4) is 0 Å². The average molecular weight is 266 g/mol. The number of alkyl halides is 3. The quantitative estimate of drug-likeness (QED) is 0.918. The summed E-state index contributed by atoms with van der Waals surface area (Å²) < 4.78 is 37.1. The van der Waals surface area contributed by atoms with Crippen LogP contribution in [0.1, 0.15) is 17.2 Å². The molecular formula is C14H13F3N2. The second-order valence-electron chi connectivity index (χ2n) is 4.12. The summed E-state index contributed by atoms with van der Waals surface area (Å²) in [6.07, 6.45) is -1.10. The lowest BCUT2D eigenvalue weighted by Crippen LogP contribution is -2.32. The summed E-state index contributed by atoms with van der Waals surface area (Å²) in [5, 5.41) is 2.54. The summed E-state index contributed by atoms with van der Waals surface area (Å²) in [7, 11) is 0. The number of pyridine rings is 1. The van der Waals surface area contributed by atoms with E-state index in [0.29, 0.717) is 0 Å². The highest BCUT2D eigenvalue weighted by molar-refractivity contribution is 5.30. The smallest absolute Gasteiger partial charge is 0.298 e. The zero-order valence-electron chi connectivity index (χ0n) is 10.1. The minimum absolute atomic E-state index is 0.495. The van der Waals surface area contributed by atoms with Gasteiger partial charge in [-0.2, -0.15) is 13.2 Å². The van der Waals surface area contributed by atoms with E-state index >= 15 is 0 Å². The Morgan fingerprint density at radius 1 is 0.947 bits per heavy atom. The Balaban J connectivity index is 2.24. The number of nitrogens with one attached hydrogen (secondary N) is 1. The molecule has 100 valence electrons. The third-order valence-electron chi connectivity index (χ3n) is 2.68. The van der Waals surface area contributed by atoms with Gasteiger partial charge in [-0.25, -0.2) is 0 Å². The van der Waals surface area contributed by atoms with Crippen molar-refractivity contribution in [2.24, 2.45) is 0 Å². The molecule has 0 aliphatic carbocycles. The molecule has 2 aromatic rings. The van der Waals surface area contributed by atoms with Gasteiger partial charge in [-0.1, -0.05) is 30.3 Å². The highest BCUT2D eigenvalue weighted by atomic mass is 19.4. The largest absolute Gasteiger partial charge is 0.401 e. The highest BCUT2D eigenvalue weighted by Crippen LogP contribution is 2.23. The number of nitrogens with zero attached hydrogens (tertiary/aromatic N) is 1. The Kier molecular flexibility index (Phi) is 4.16. The molecule has 0 amide bonds. The molecule has 0 aliphatic rings. The number of hydrogen-bond donors (Lipinski definition) is 1. The van der Waals surface area contributed by atoms with Gasteiger partial charge in [0.25, 0.3) is 0 Å². The van der Waals surface area contributed by atoms with E-state index < -0.39 is 18.8 Å². The summed E-state index contributed by atoms with van der Waals surface area (Å²) in [5.74, 6) is 0. The van der Waals surface area contributed by atoms with Crippen LogP contribution in [-0.2, 0) is 0 Å². The van der Waals surface area contributed by atoms with Crippen molar-refractivity contribution in [1.82, 2.24) is 10.3 Å². The molecule has 1 atom stereocenters. The second kappa shape index (κ2) is 5.84. The van der Waals surface area contributed by atoms with E-state index in [0.717, 1.165) is 11.1 Å². The van der Waals surface area contributed by atoms with Crippen molar-refractivity contribution in [3.05, 3.63) is 66.0 Å². The maximum Gasteiger partial charge on any atom is 0.401 e. The Hall–Kier alpha value is -1.88. The van der Waals surface area contributed by atoms with Gasteiger partial charge in [-0.15, -0.1) is 0 Å². The fourth-order valence-corrected chi connectivity index (χ4v) is 1.85. The summed E-state index contributed by atoms with van der Waals surface area (Å²) in [5.41, 5.74) is 1.54. The van der Waals surface area contributed by atoms with Gasteiger partial charge in [-0.05, 0) is 23.3 Å². The normalized spacial score (nSPS) is 13.2. The van der Waals surface area contributed by atoms with Crippen LogP contribution in [0, 0.1) is 0 Å². The molecule has 0 saturated carbocycles. The Morgan fingerprint density at radius 2 is 1.53 bits per heavy atom. The third kappa shape index (κ3) is 4.06. The molecule has 1 aromatic heterocycles. The van der Waals surface area contributed by atoms with Crippen LogP contribution in [-0.4, -0.2) is 17.7 Å². The number of aromatic nitrogens is 1. The highest BCUT2D eigenvalue weighted by Gasteiger charge is 2.28. The molecule has 0 saturated heterocycles. The molecule has 1 aromatic carbocycles. The number of benzene rings is 1. The molecule has 2 nitrogen and oxygen atoms in total. The van der Waals surface area contributed by atoms with E-state index in [9.17, 15) is 13.2 Å². The first kappa shape index (κ1) is 13.5. The molecule has 0 fully saturated rings. The molecule has 0 bridgehead atoms. The van der Waals surface area contributed by atoms with Crippen LogP contribution in [0.2, 0.25) is 0 Å². The Morgan fingerprint density at radius 3 is 2.11 bits per heavy atom. The molecule has 2 rings (SSSR count). The molecule has 19 heavy (non-hydrogen) atoms. The molecule has 0 radical (unpaired) electrons. The first-order chi connectivity index (χ1) is 9.06. The van der Waals surface area contributed by atoms with Gasteiger partial charge in [0, 0.05) is 12.4 Å². The maximum absolute atomic E-state index is 12.4. The van der Waals surface area contributed by atoms with Crippen molar-refractivity contribution in [2.75, 3.05) is 6.54 Å². The topological polar surface area (TPSA) is 24.9 Å². The van der Waals surface area contributed by atoms with Crippen LogP contribution in [0.25, 0.3) is 0 Å². The lowest BCUT2D eigenvalue weighted by atomic mass is 10.00. The van der Waals surface area contributed by atoms with Crippen LogP contribution in [0.5, 0.6) is 0 Å². The van der Waals surface area contributed by atoms with Crippen LogP contribution >= 0.6 is 0 Å². The van der Waals surface area contributed by atoms with Gasteiger partial charge in [0.2, 0.25) is 0 Å². The van der Waals surface area contributed by atoms with Crippen LogP contribution in [0.4, 0.5) is 13.2 Å². The molecule has 0 spiro atoms. The van der Waals surface area contributed by atoms with E-state index in [1.807, 2.05) is 6.07 Å². The number of halogens is 3. The molecule has 1 heterocycles. The van der Waals surface area contributed by atoms with Gasteiger partial charge in [0.1, 0.15) is 0 Å². The average Bonchev–Trinajstić information content (AvgIpc) is 2.40. The van der Waals surface area contributed by atoms with Crippen molar-refractivity contribution in [2.45, 2.75) is 12.2 Å². The number of hydrogen-bond acceptors (Lipinski definition) is 2. The zero-order valence-corrected chi connectivity index (χ0v) is 10.1. The predicted octanol–water partition coefficient (Wildman–Crippen LogP) is 3.32. The predicted molar refractivity (Wildman–Crippen MR) is 66.6 cm³/mol. The van der Waals surface area contributed by atoms with Crippen LogP contribution in [0.15, 0.2) is 54.9 Å². The van der Waals surface area contributed by atoms with Crippen molar-refractivity contribution in [3.63, 3.8) is 0 Å². The van der Waals surface area contributed by atoms with Crippen molar-refractivity contribution in [3.8, 4) is 0 Å². The molecule has 5 heteroatoms. The fraction of sp³-hybridized carbons (Fsp3) is 0.214. The minimum atomic E-state index is -4.24. The zero-order chi connectivity index (χ0) is 13.7. The molecular weight excluding hydrogens is 253 g/mol. The maximum atomic E-state index is 12.4. The van der Waals surface area contributed by atoms with E-state index in [4.69, 9.17) is 0 Å². The lowest BCUT2D eigenvalue weighted by Gasteiger charge is -2.20. The summed E-state index contributed by atoms with van der Waals surface area (Å²) in [4.78, 5) is 3.88.